The van der Waals surface area contributed by atoms with Crippen molar-refractivity contribution in [3.05, 3.63) is 53.6 Å². The molecule has 0 unspecified atom stereocenters. The first-order chi connectivity index (χ1) is 10.7. The molecule has 0 heterocycles. The SMILES string of the molecule is COc1ccc(OC)c(NC(=O)c2ccc(CC#N)cc2)c1. The molecule has 0 saturated carbocycles. The average Bonchev–Trinajstić information content (AvgIpc) is 2.55. The van der Waals surface area contributed by atoms with Crippen molar-refractivity contribution >= 4 is 11.6 Å². The number of benzene rings is 2. The highest BCUT2D eigenvalue weighted by Gasteiger charge is 2.11. The Morgan fingerprint density at radius 2 is 1.86 bits per heavy atom. The number of nitriles is 1. The minimum atomic E-state index is -0.255. The zero-order valence-electron chi connectivity index (χ0n) is 12.4. The summed E-state index contributed by atoms with van der Waals surface area (Å²) in [5.41, 5.74) is 1.91. The molecule has 1 amide bonds. The number of carbonyl (C=O) groups excluding carboxylic acids is 1. The number of amides is 1. The molecule has 0 atom stereocenters. The maximum atomic E-state index is 12.3. The van der Waals surface area contributed by atoms with Crippen LogP contribution in [-0.2, 0) is 6.42 Å². The number of methoxy groups -OCH3 is 2. The van der Waals surface area contributed by atoms with E-state index in [1.807, 2.05) is 0 Å². The standard InChI is InChI=1S/C17H16N2O3/c1-21-14-7-8-16(22-2)15(11-14)19-17(20)13-5-3-12(4-6-13)9-10-18/h3-8,11H,9H2,1-2H3,(H,19,20). The summed E-state index contributed by atoms with van der Waals surface area (Å²) in [5, 5.41) is 11.4. The van der Waals surface area contributed by atoms with Crippen LogP contribution in [0, 0.1) is 11.3 Å². The predicted octanol–water partition coefficient (Wildman–Crippen LogP) is 3.02. The molecule has 0 bridgehead atoms. The highest BCUT2D eigenvalue weighted by molar-refractivity contribution is 6.05. The number of nitrogens with one attached hydrogen (secondary N) is 1. The average molecular weight is 296 g/mol. The Hall–Kier alpha value is -3.00. The molecule has 112 valence electrons. The van der Waals surface area contributed by atoms with Crippen molar-refractivity contribution in [1.29, 1.82) is 5.26 Å². The summed E-state index contributed by atoms with van der Waals surface area (Å²) in [6.07, 6.45) is 0.325. The lowest BCUT2D eigenvalue weighted by Crippen LogP contribution is -2.12. The molecule has 0 fully saturated rings. The molecule has 0 saturated heterocycles. The maximum Gasteiger partial charge on any atom is 0.255 e. The topological polar surface area (TPSA) is 71.3 Å². The number of nitrogens with zero attached hydrogens (tertiary/aromatic N) is 1. The molecule has 2 aromatic rings. The third-order valence-corrected chi connectivity index (χ3v) is 3.15. The molecule has 0 aliphatic rings. The lowest BCUT2D eigenvalue weighted by molar-refractivity contribution is 0.102. The molecule has 22 heavy (non-hydrogen) atoms. The van der Waals surface area contributed by atoms with Gasteiger partial charge in [-0.3, -0.25) is 4.79 Å². The first-order valence-corrected chi connectivity index (χ1v) is 6.67. The van der Waals surface area contributed by atoms with Crippen LogP contribution in [0.4, 0.5) is 5.69 Å². The summed E-state index contributed by atoms with van der Waals surface area (Å²) in [4.78, 5) is 12.3. The van der Waals surface area contributed by atoms with Crippen molar-refractivity contribution in [3.63, 3.8) is 0 Å². The first-order valence-electron chi connectivity index (χ1n) is 6.67. The van der Waals surface area contributed by atoms with E-state index in [0.29, 0.717) is 29.2 Å². The van der Waals surface area contributed by atoms with Crippen LogP contribution in [0.15, 0.2) is 42.5 Å². The Morgan fingerprint density at radius 1 is 1.14 bits per heavy atom. The molecular weight excluding hydrogens is 280 g/mol. The molecule has 0 radical (unpaired) electrons. The van der Waals surface area contributed by atoms with Crippen LogP contribution in [0.1, 0.15) is 15.9 Å². The molecule has 2 rings (SSSR count). The quantitative estimate of drug-likeness (QED) is 0.920. The van der Waals surface area contributed by atoms with Crippen LogP contribution in [-0.4, -0.2) is 20.1 Å². The van der Waals surface area contributed by atoms with E-state index in [4.69, 9.17) is 14.7 Å². The summed E-state index contributed by atoms with van der Waals surface area (Å²) >= 11 is 0. The van der Waals surface area contributed by atoms with Crippen molar-refractivity contribution in [3.8, 4) is 17.6 Å². The minimum absolute atomic E-state index is 0.255. The van der Waals surface area contributed by atoms with E-state index >= 15 is 0 Å². The number of hydrogen-bond acceptors (Lipinski definition) is 4. The fourth-order valence-corrected chi connectivity index (χ4v) is 1.97. The Kier molecular flexibility index (Phi) is 4.99. The van der Waals surface area contributed by atoms with Gasteiger partial charge in [-0.1, -0.05) is 12.1 Å². The van der Waals surface area contributed by atoms with E-state index in [9.17, 15) is 4.79 Å². The fourth-order valence-electron chi connectivity index (χ4n) is 1.97. The van der Waals surface area contributed by atoms with Crippen molar-refractivity contribution in [2.45, 2.75) is 6.42 Å². The molecule has 0 aliphatic heterocycles. The second-order valence-electron chi connectivity index (χ2n) is 4.55. The van der Waals surface area contributed by atoms with E-state index in [0.717, 1.165) is 5.56 Å². The molecule has 0 aliphatic carbocycles. The van der Waals surface area contributed by atoms with E-state index in [2.05, 4.69) is 11.4 Å². The van der Waals surface area contributed by atoms with Crippen LogP contribution in [0.3, 0.4) is 0 Å². The highest BCUT2D eigenvalue weighted by Crippen LogP contribution is 2.29. The van der Waals surface area contributed by atoms with E-state index in [1.165, 1.54) is 7.11 Å². The Morgan fingerprint density at radius 3 is 2.45 bits per heavy atom. The van der Waals surface area contributed by atoms with Crippen LogP contribution in [0.2, 0.25) is 0 Å². The number of rotatable bonds is 5. The molecule has 2 aromatic carbocycles. The van der Waals surface area contributed by atoms with Gasteiger partial charge in [0.1, 0.15) is 11.5 Å². The van der Waals surface area contributed by atoms with Crippen molar-refractivity contribution in [1.82, 2.24) is 0 Å². The maximum absolute atomic E-state index is 12.3. The number of anilines is 1. The molecular formula is C17H16N2O3. The second-order valence-corrected chi connectivity index (χ2v) is 4.55. The zero-order valence-corrected chi connectivity index (χ0v) is 12.4. The Balaban J connectivity index is 2.19. The predicted molar refractivity (Wildman–Crippen MR) is 83.3 cm³/mol. The highest BCUT2D eigenvalue weighted by atomic mass is 16.5. The van der Waals surface area contributed by atoms with E-state index < -0.39 is 0 Å². The van der Waals surface area contributed by atoms with Gasteiger partial charge in [0.05, 0.1) is 32.4 Å². The van der Waals surface area contributed by atoms with Gasteiger partial charge >= 0.3 is 0 Å². The lowest BCUT2D eigenvalue weighted by atomic mass is 10.1. The number of carbonyl (C=O) groups is 1. The third-order valence-electron chi connectivity index (χ3n) is 3.15. The zero-order chi connectivity index (χ0) is 15.9. The van der Waals surface area contributed by atoms with Gasteiger partial charge in [0, 0.05) is 11.6 Å². The summed E-state index contributed by atoms with van der Waals surface area (Å²) in [7, 11) is 3.09. The van der Waals surface area contributed by atoms with Crippen molar-refractivity contribution in [2.24, 2.45) is 0 Å². The number of hydrogen-bond donors (Lipinski definition) is 1. The van der Waals surface area contributed by atoms with Gasteiger partial charge in [0.25, 0.3) is 5.91 Å². The molecule has 1 N–H and O–H groups in total. The summed E-state index contributed by atoms with van der Waals surface area (Å²) in [6, 6.07) is 14.2. The van der Waals surface area contributed by atoms with Gasteiger partial charge in [-0.2, -0.15) is 5.26 Å². The molecule has 0 aromatic heterocycles. The van der Waals surface area contributed by atoms with Gasteiger partial charge in [-0.15, -0.1) is 0 Å². The van der Waals surface area contributed by atoms with Crippen LogP contribution >= 0.6 is 0 Å². The molecule has 5 heteroatoms. The first kappa shape index (κ1) is 15.4. The Bertz CT molecular complexity index is 703. The van der Waals surface area contributed by atoms with E-state index in [-0.39, 0.29) is 5.91 Å². The van der Waals surface area contributed by atoms with Gasteiger partial charge < -0.3 is 14.8 Å². The van der Waals surface area contributed by atoms with Gasteiger partial charge in [-0.25, -0.2) is 0 Å². The minimum Gasteiger partial charge on any atom is -0.497 e. The molecule has 0 spiro atoms. The van der Waals surface area contributed by atoms with Crippen molar-refractivity contribution in [2.75, 3.05) is 19.5 Å². The largest absolute Gasteiger partial charge is 0.497 e. The third kappa shape index (κ3) is 3.55. The van der Waals surface area contributed by atoms with Gasteiger partial charge in [0.15, 0.2) is 0 Å². The molecule has 5 nitrogen and oxygen atoms in total. The summed E-state index contributed by atoms with van der Waals surface area (Å²) < 4.78 is 10.4. The summed E-state index contributed by atoms with van der Waals surface area (Å²) in [5.74, 6) is 0.922. The van der Waals surface area contributed by atoms with Crippen LogP contribution < -0.4 is 14.8 Å². The Labute approximate surface area is 129 Å². The van der Waals surface area contributed by atoms with Crippen LogP contribution in [0.25, 0.3) is 0 Å². The van der Waals surface area contributed by atoms with Gasteiger partial charge in [-0.05, 0) is 29.8 Å². The number of ether oxygens (including phenoxy) is 2. The summed E-state index contributed by atoms with van der Waals surface area (Å²) in [6.45, 7) is 0. The van der Waals surface area contributed by atoms with Crippen molar-refractivity contribution < 1.29 is 14.3 Å². The monoisotopic (exact) mass is 296 g/mol. The van der Waals surface area contributed by atoms with E-state index in [1.54, 1.807) is 49.6 Å². The van der Waals surface area contributed by atoms with Crippen LogP contribution in [0.5, 0.6) is 11.5 Å². The normalized spacial score (nSPS) is 9.68. The second kappa shape index (κ2) is 7.14. The lowest BCUT2D eigenvalue weighted by Gasteiger charge is -2.12. The van der Waals surface area contributed by atoms with Gasteiger partial charge in [0.2, 0.25) is 0 Å². The smallest absolute Gasteiger partial charge is 0.255 e. The fraction of sp³-hybridized carbons (Fsp3) is 0.176.